The van der Waals surface area contributed by atoms with Crippen molar-refractivity contribution in [1.29, 1.82) is 0 Å². The molecule has 1 aromatic rings. The van der Waals surface area contributed by atoms with Crippen LogP contribution in [0.3, 0.4) is 0 Å². The SMILES string of the molecule is CONc1ccccc1S(=O)(=O)N(C)CCCCCNC(=O)OC(C)(C)C. The minimum Gasteiger partial charge on any atom is -0.444 e. The highest BCUT2D eigenvalue weighted by atomic mass is 32.2. The molecule has 1 aromatic carbocycles. The molecule has 0 aromatic heterocycles. The van der Waals surface area contributed by atoms with Crippen molar-refractivity contribution < 1.29 is 22.8 Å². The van der Waals surface area contributed by atoms with Gasteiger partial charge in [-0.2, -0.15) is 0 Å². The van der Waals surface area contributed by atoms with Gasteiger partial charge >= 0.3 is 6.09 Å². The molecular weight excluding hydrogens is 370 g/mol. The summed E-state index contributed by atoms with van der Waals surface area (Å²) in [5, 5.41) is 2.69. The number of carbonyl (C=O) groups excluding carboxylic acids is 1. The lowest BCUT2D eigenvalue weighted by Gasteiger charge is -2.20. The first-order valence-electron chi connectivity index (χ1n) is 8.89. The minimum atomic E-state index is -3.62. The van der Waals surface area contributed by atoms with Crippen molar-refractivity contribution in [1.82, 2.24) is 9.62 Å². The standard InChI is InChI=1S/C18H31N3O5S/c1-18(2,3)26-17(22)19-13-9-6-10-14-21(4)27(23,24)16-12-8-7-11-15(16)20-25-5/h7-8,11-12,20H,6,9-10,13-14H2,1-5H3,(H,19,22). The molecule has 0 aliphatic carbocycles. The maximum absolute atomic E-state index is 12.7. The number of para-hydroxylation sites is 1. The van der Waals surface area contributed by atoms with Gasteiger partial charge in [-0.3, -0.25) is 10.3 Å². The van der Waals surface area contributed by atoms with Crippen LogP contribution in [0.25, 0.3) is 0 Å². The smallest absolute Gasteiger partial charge is 0.407 e. The summed E-state index contributed by atoms with van der Waals surface area (Å²) in [4.78, 5) is 16.5. The van der Waals surface area contributed by atoms with E-state index in [1.807, 2.05) is 20.8 Å². The molecule has 0 fully saturated rings. The summed E-state index contributed by atoms with van der Waals surface area (Å²) < 4.78 is 31.9. The molecule has 154 valence electrons. The van der Waals surface area contributed by atoms with Crippen LogP contribution in [0.1, 0.15) is 40.0 Å². The molecule has 8 nitrogen and oxygen atoms in total. The third-order valence-electron chi connectivity index (χ3n) is 3.61. The first-order valence-corrected chi connectivity index (χ1v) is 10.3. The second-order valence-electron chi connectivity index (χ2n) is 7.12. The van der Waals surface area contributed by atoms with Gasteiger partial charge in [-0.1, -0.05) is 18.6 Å². The maximum Gasteiger partial charge on any atom is 0.407 e. The fourth-order valence-electron chi connectivity index (χ4n) is 2.31. The van der Waals surface area contributed by atoms with Crippen molar-refractivity contribution in [2.24, 2.45) is 0 Å². The zero-order valence-electron chi connectivity index (χ0n) is 16.7. The monoisotopic (exact) mass is 401 g/mol. The summed E-state index contributed by atoms with van der Waals surface area (Å²) >= 11 is 0. The number of benzene rings is 1. The van der Waals surface area contributed by atoms with Crippen LogP contribution in [0.5, 0.6) is 0 Å². The Hall–Kier alpha value is -1.84. The molecule has 2 N–H and O–H groups in total. The number of rotatable bonds is 10. The molecule has 0 saturated heterocycles. The molecule has 0 aliphatic rings. The molecule has 0 unspecified atom stereocenters. The molecule has 9 heteroatoms. The molecule has 0 spiro atoms. The zero-order valence-corrected chi connectivity index (χ0v) is 17.6. The number of hydrogen-bond donors (Lipinski definition) is 2. The Morgan fingerprint density at radius 2 is 1.81 bits per heavy atom. The van der Waals surface area contributed by atoms with E-state index >= 15 is 0 Å². The number of sulfonamides is 1. The summed E-state index contributed by atoms with van der Waals surface area (Å²) in [5.41, 5.74) is 2.47. The van der Waals surface area contributed by atoms with Crippen molar-refractivity contribution >= 4 is 21.8 Å². The van der Waals surface area contributed by atoms with E-state index in [1.165, 1.54) is 17.5 Å². The van der Waals surface area contributed by atoms with Crippen LogP contribution in [0.2, 0.25) is 0 Å². The Morgan fingerprint density at radius 3 is 2.44 bits per heavy atom. The maximum atomic E-state index is 12.7. The zero-order chi connectivity index (χ0) is 20.5. The molecule has 0 bridgehead atoms. The van der Waals surface area contributed by atoms with Gasteiger partial charge in [0.1, 0.15) is 10.5 Å². The summed E-state index contributed by atoms with van der Waals surface area (Å²) in [6.07, 6.45) is 1.78. The second kappa shape index (κ2) is 10.5. The first kappa shape index (κ1) is 23.2. The topological polar surface area (TPSA) is 97.0 Å². The lowest BCUT2D eigenvalue weighted by Crippen LogP contribution is -2.33. The molecule has 1 amide bonds. The van der Waals surface area contributed by atoms with E-state index < -0.39 is 21.7 Å². The predicted molar refractivity (Wildman–Crippen MR) is 105 cm³/mol. The number of hydrogen-bond acceptors (Lipinski definition) is 6. The van der Waals surface area contributed by atoms with Crippen LogP contribution in [0.15, 0.2) is 29.2 Å². The van der Waals surface area contributed by atoms with E-state index in [9.17, 15) is 13.2 Å². The number of nitrogens with zero attached hydrogens (tertiary/aromatic N) is 1. The highest BCUT2D eigenvalue weighted by molar-refractivity contribution is 7.89. The van der Waals surface area contributed by atoms with Crippen molar-refractivity contribution in [3.05, 3.63) is 24.3 Å². The molecule has 1 rings (SSSR count). The highest BCUT2D eigenvalue weighted by Crippen LogP contribution is 2.24. The summed E-state index contributed by atoms with van der Waals surface area (Å²) in [6, 6.07) is 6.59. The van der Waals surface area contributed by atoms with Gasteiger partial charge < -0.3 is 10.1 Å². The third kappa shape index (κ3) is 8.15. The van der Waals surface area contributed by atoms with Gasteiger partial charge in [-0.15, -0.1) is 0 Å². The van der Waals surface area contributed by atoms with Gasteiger partial charge in [0.25, 0.3) is 0 Å². The first-order chi connectivity index (χ1) is 12.6. The van der Waals surface area contributed by atoms with Gasteiger partial charge in [0, 0.05) is 20.1 Å². The Morgan fingerprint density at radius 1 is 1.15 bits per heavy atom. The molecule has 0 aliphatic heterocycles. The van der Waals surface area contributed by atoms with Gasteiger partial charge in [-0.25, -0.2) is 17.5 Å². The van der Waals surface area contributed by atoms with E-state index in [0.717, 1.165) is 12.8 Å². The highest BCUT2D eigenvalue weighted by Gasteiger charge is 2.23. The molecular formula is C18H31N3O5S. The van der Waals surface area contributed by atoms with Crippen molar-refractivity contribution in [3.8, 4) is 0 Å². The third-order valence-corrected chi connectivity index (χ3v) is 5.52. The van der Waals surface area contributed by atoms with Crippen LogP contribution in [-0.2, 0) is 19.6 Å². The van der Waals surface area contributed by atoms with E-state index in [0.29, 0.717) is 25.2 Å². The molecule has 0 saturated carbocycles. The number of ether oxygens (including phenoxy) is 1. The molecule has 0 heterocycles. The summed E-state index contributed by atoms with van der Waals surface area (Å²) in [5.74, 6) is 0. The number of anilines is 1. The number of alkyl carbamates (subject to hydrolysis) is 1. The number of carbonyl (C=O) groups is 1. The Labute approximate surface area is 162 Å². The van der Waals surface area contributed by atoms with Crippen LogP contribution in [0.4, 0.5) is 10.5 Å². The lowest BCUT2D eigenvalue weighted by molar-refractivity contribution is 0.0527. The Bertz CT molecular complexity index is 701. The van der Waals surface area contributed by atoms with Crippen LogP contribution in [0, 0.1) is 0 Å². The quantitative estimate of drug-likeness (QED) is 0.462. The average molecular weight is 402 g/mol. The fourth-order valence-corrected chi connectivity index (χ4v) is 3.66. The second-order valence-corrected chi connectivity index (χ2v) is 9.13. The van der Waals surface area contributed by atoms with E-state index in [2.05, 4.69) is 10.8 Å². The Balaban J connectivity index is 2.42. The molecule has 0 atom stereocenters. The predicted octanol–water partition coefficient (Wildman–Crippen LogP) is 2.98. The lowest BCUT2D eigenvalue weighted by atomic mass is 10.2. The van der Waals surface area contributed by atoms with Gasteiger partial charge in [0.2, 0.25) is 10.0 Å². The molecule has 0 radical (unpaired) electrons. The van der Waals surface area contributed by atoms with Gasteiger partial charge in [0.05, 0.1) is 12.8 Å². The van der Waals surface area contributed by atoms with Gasteiger partial charge in [-0.05, 0) is 45.7 Å². The van der Waals surface area contributed by atoms with Crippen LogP contribution >= 0.6 is 0 Å². The van der Waals surface area contributed by atoms with Crippen molar-refractivity contribution in [2.75, 3.05) is 32.7 Å². The molecule has 27 heavy (non-hydrogen) atoms. The van der Waals surface area contributed by atoms with Crippen molar-refractivity contribution in [3.63, 3.8) is 0 Å². The number of nitrogens with one attached hydrogen (secondary N) is 2. The average Bonchev–Trinajstić information content (AvgIpc) is 2.56. The van der Waals surface area contributed by atoms with Crippen LogP contribution < -0.4 is 10.8 Å². The number of unbranched alkanes of at least 4 members (excludes halogenated alkanes) is 2. The van der Waals surface area contributed by atoms with Gasteiger partial charge in [0.15, 0.2) is 0 Å². The van der Waals surface area contributed by atoms with E-state index in [4.69, 9.17) is 9.57 Å². The summed E-state index contributed by atoms with van der Waals surface area (Å²) in [6.45, 7) is 6.30. The summed E-state index contributed by atoms with van der Waals surface area (Å²) in [7, 11) is -0.635. The van der Waals surface area contributed by atoms with Crippen molar-refractivity contribution in [2.45, 2.75) is 50.5 Å². The van der Waals surface area contributed by atoms with E-state index in [-0.39, 0.29) is 4.90 Å². The van der Waals surface area contributed by atoms with Crippen LogP contribution in [-0.4, -0.2) is 51.7 Å². The fraction of sp³-hybridized carbons (Fsp3) is 0.611. The Kier molecular flexibility index (Phi) is 9.01. The largest absolute Gasteiger partial charge is 0.444 e. The minimum absolute atomic E-state index is 0.168. The number of amides is 1. The normalized spacial score (nSPS) is 12.1. The van der Waals surface area contributed by atoms with E-state index in [1.54, 1.807) is 25.2 Å².